The van der Waals surface area contributed by atoms with Crippen molar-refractivity contribution >= 4 is 17.7 Å². The van der Waals surface area contributed by atoms with Crippen LogP contribution >= 0.6 is 11.8 Å². The van der Waals surface area contributed by atoms with Gasteiger partial charge in [0.1, 0.15) is 0 Å². The predicted molar refractivity (Wildman–Crippen MR) is 124 cm³/mol. The maximum absolute atomic E-state index is 12.3. The predicted octanol–water partition coefficient (Wildman–Crippen LogP) is 4.29. The van der Waals surface area contributed by atoms with Crippen LogP contribution in [0.5, 0.6) is 0 Å². The molecule has 162 valence electrons. The van der Waals surface area contributed by atoms with Gasteiger partial charge in [-0.2, -0.15) is 0 Å². The molecule has 2 aromatic carbocycles. The lowest BCUT2D eigenvalue weighted by Gasteiger charge is -2.12. The van der Waals surface area contributed by atoms with E-state index in [2.05, 4.69) is 46.6 Å². The number of benzene rings is 2. The van der Waals surface area contributed by atoms with Gasteiger partial charge in [-0.15, -0.1) is 10.2 Å². The van der Waals surface area contributed by atoms with Crippen LogP contribution in [0.1, 0.15) is 16.7 Å². The molecule has 0 saturated carbocycles. The number of aryl methyl sites for hydroxylation is 2. The van der Waals surface area contributed by atoms with E-state index in [1.807, 2.05) is 53.1 Å². The van der Waals surface area contributed by atoms with E-state index in [0.717, 1.165) is 16.8 Å². The standard InChI is InChI=1S/C24H23N5O2S/c1-17-8-9-21(14-18(17)2)29-23(20-10-12-25-13-11-20)26-27-24(29)32-16-22(30)28-31-15-19-6-4-3-5-7-19/h3-14H,15-16H2,1-2H3,(H,28,30). The molecule has 0 spiro atoms. The molecule has 4 aromatic rings. The highest BCUT2D eigenvalue weighted by Gasteiger charge is 2.17. The number of aromatic nitrogens is 4. The second kappa shape index (κ2) is 10.2. The molecule has 0 aliphatic heterocycles. The van der Waals surface area contributed by atoms with Crippen molar-refractivity contribution in [3.05, 3.63) is 89.7 Å². The van der Waals surface area contributed by atoms with Gasteiger partial charge < -0.3 is 0 Å². The van der Waals surface area contributed by atoms with Crippen LogP contribution in [0.3, 0.4) is 0 Å². The molecule has 2 aromatic heterocycles. The van der Waals surface area contributed by atoms with Crippen molar-refractivity contribution in [1.29, 1.82) is 0 Å². The van der Waals surface area contributed by atoms with Crippen molar-refractivity contribution < 1.29 is 9.63 Å². The maximum Gasteiger partial charge on any atom is 0.254 e. The fourth-order valence-corrected chi connectivity index (χ4v) is 3.82. The van der Waals surface area contributed by atoms with E-state index < -0.39 is 0 Å². The van der Waals surface area contributed by atoms with E-state index in [0.29, 0.717) is 17.6 Å². The number of rotatable bonds is 8. The highest BCUT2D eigenvalue weighted by molar-refractivity contribution is 7.99. The summed E-state index contributed by atoms with van der Waals surface area (Å²) in [4.78, 5) is 21.7. The highest BCUT2D eigenvalue weighted by atomic mass is 32.2. The first-order chi connectivity index (χ1) is 15.6. The van der Waals surface area contributed by atoms with Gasteiger partial charge >= 0.3 is 0 Å². The largest absolute Gasteiger partial charge is 0.272 e. The molecule has 0 aliphatic rings. The smallest absolute Gasteiger partial charge is 0.254 e. The Bertz CT molecular complexity index is 1200. The number of hydrogen-bond acceptors (Lipinski definition) is 6. The number of nitrogens with zero attached hydrogens (tertiary/aromatic N) is 4. The zero-order valence-electron chi connectivity index (χ0n) is 17.9. The third kappa shape index (κ3) is 5.22. The van der Waals surface area contributed by atoms with Crippen molar-refractivity contribution in [2.24, 2.45) is 0 Å². The lowest BCUT2D eigenvalue weighted by molar-refractivity contribution is -0.131. The summed E-state index contributed by atoms with van der Waals surface area (Å²) < 4.78 is 1.96. The number of carbonyl (C=O) groups excluding carboxylic acids is 1. The van der Waals surface area contributed by atoms with Crippen LogP contribution in [-0.4, -0.2) is 31.4 Å². The second-order valence-corrected chi connectivity index (χ2v) is 8.18. The Morgan fingerprint density at radius 3 is 2.53 bits per heavy atom. The van der Waals surface area contributed by atoms with E-state index >= 15 is 0 Å². The quantitative estimate of drug-likeness (QED) is 0.322. The van der Waals surface area contributed by atoms with Crippen LogP contribution in [-0.2, 0) is 16.2 Å². The molecule has 0 aliphatic carbocycles. The Labute approximate surface area is 190 Å². The van der Waals surface area contributed by atoms with Crippen molar-refractivity contribution in [3.63, 3.8) is 0 Å². The molecular formula is C24H23N5O2S. The minimum atomic E-state index is -0.244. The summed E-state index contributed by atoms with van der Waals surface area (Å²) in [6, 6.07) is 19.6. The van der Waals surface area contributed by atoms with Crippen molar-refractivity contribution in [1.82, 2.24) is 25.2 Å². The molecule has 0 saturated heterocycles. The normalized spacial score (nSPS) is 10.8. The first-order valence-electron chi connectivity index (χ1n) is 10.1. The van der Waals surface area contributed by atoms with Crippen LogP contribution in [0.25, 0.3) is 17.1 Å². The Balaban J connectivity index is 1.50. The minimum Gasteiger partial charge on any atom is -0.272 e. The fraction of sp³-hybridized carbons (Fsp3) is 0.167. The van der Waals surface area contributed by atoms with Crippen LogP contribution in [0.15, 0.2) is 78.2 Å². The van der Waals surface area contributed by atoms with Crippen LogP contribution in [0.4, 0.5) is 0 Å². The van der Waals surface area contributed by atoms with Gasteiger partial charge in [0, 0.05) is 18.0 Å². The van der Waals surface area contributed by atoms with Crippen molar-refractivity contribution in [2.75, 3.05) is 5.75 Å². The van der Waals surface area contributed by atoms with Gasteiger partial charge in [-0.3, -0.25) is 19.2 Å². The first kappa shape index (κ1) is 21.7. The van der Waals surface area contributed by atoms with Gasteiger partial charge in [-0.05, 0) is 54.8 Å². The second-order valence-electron chi connectivity index (χ2n) is 7.23. The lowest BCUT2D eigenvalue weighted by Crippen LogP contribution is -2.25. The van der Waals surface area contributed by atoms with Gasteiger partial charge in [0.25, 0.3) is 5.91 Å². The summed E-state index contributed by atoms with van der Waals surface area (Å²) in [5.74, 6) is 0.596. The molecule has 8 heteroatoms. The Hall–Kier alpha value is -3.49. The molecule has 0 fully saturated rings. The molecule has 1 amide bonds. The molecule has 4 rings (SSSR count). The molecule has 1 N–H and O–H groups in total. The average Bonchev–Trinajstić information content (AvgIpc) is 3.25. The summed E-state index contributed by atoms with van der Waals surface area (Å²) in [6.07, 6.45) is 3.44. The molecule has 0 unspecified atom stereocenters. The van der Waals surface area contributed by atoms with Gasteiger partial charge in [0.15, 0.2) is 11.0 Å². The molecule has 32 heavy (non-hydrogen) atoms. The molecule has 2 heterocycles. The van der Waals surface area contributed by atoms with Gasteiger partial charge in [-0.25, -0.2) is 5.48 Å². The van der Waals surface area contributed by atoms with Crippen molar-refractivity contribution in [2.45, 2.75) is 25.6 Å². The number of hydroxylamine groups is 1. The number of nitrogens with one attached hydrogen (secondary N) is 1. The zero-order valence-corrected chi connectivity index (χ0v) is 18.7. The fourth-order valence-electron chi connectivity index (χ4n) is 3.08. The molecular weight excluding hydrogens is 422 g/mol. The number of hydrogen-bond donors (Lipinski definition) is 1. The highest BCUT2D eigenvalue weighted by Crippen LogP contribution is 2.28. The van der Waals surface area contributed by atoms with Crippen LogP contribution < -0.4 is 5.48 Å². The lowest BCUT2D eigenvalue weighted by atomic mass is 10.1. The third-order valence-electron chi connectivity index (χ3n) is 4.92. The monoisotopic (exact) mass is 445 g/mol. The van der Waals surface area contributed by atoms with E-state index in [1.54, 1.807) is 12.4 Å². The number of thioether (sulfide) groups is 1. The summed E-state index contributed by atoms with van der Waals surface area (Å²) >= 11 is 1.30. The summed E-state index contributed by atoms with van der Waals surface area (Å²) in [5.41, 5.74) is 7.68. The first-order valence-corrected chi connectivity index (χ1v) is 11.1. The Morgan fingerprint density at radius 2 is 1.78 bits per heavy atom. The van der Waals surface area contributed by atoms with Crippen molar-refractivity contribution in [3.8, 4) is 17.1 Å². The maximum atomic E-state index is 12.3. The van der Waals surface area contributed by atoms with Gasteiger partial charge in [-0.1, -0.05) is 48.2 Å². The number of amides is 1. The average molecular weight is 446 g/mol. The van der Waals surface area contributed by atoms with Crippen LogP contribution in [0, 0.1) is 13.8 Å². The summed E-state index contributed by atoms with van der Waals surface area (Å²) in [7, 11) is 0. The minimum absolute atomic E-state index is 0.147. The van der Waals surface area contributed by atoms with E-state index in [4.69, 9.17) is 4.84 Å². The molecule has 0 bridgehead atoms. The summed E-state index contributed by atoms with van der Waals surface area (Å²) in [6.45, 7) is 4.45. The topological polar surface area (TPSA) is 81.9 Å². The Morgan fingerprint density at radius 1 is 1.00 bits per heavy atom. The third-order valence-corrected chi connectivity index (χ3v) is 5.85. The van der Waals surface area contributed by atoms with E-state index in [1.165, 1.54) is 22.9 Å². The zero-order chi connectivity index (χ0) is 22.3. The SMILES string of the molecule is Cc1ccc(-n2c(SCC(=O)NOCc3ccccc3)nnc2-c2ccncc2)cc1C. The molecule has 0 radical (unpaired) electrons. The summed E-state index contributed by atoms with van der Waals surface area (Å²) in [5, 5.41) is 9.37. The molecule has 7 nitrogen and oxygen atoms in total. The van der Waals surface area contributed by atoms with E-state index in [9.17, 15) is 4.79 Å². The number of carbonyl (C=O) groups is 1. The van der Waals surface area contributed by atoms with E-state index in [-0.39, 0.29) is 11.7 Å². The van der Waals surface area contributed by atoms with Gasteiger partial charge in [0.05, 0.1) is 18.0 Å². The van der Waals surface area contributed by atoms with Crippen LogP contribution in [0.2, 0.25) is 0 Å². The number of pyridine rings is 1. The Kier molecular flexibility index (Phi) is 6.94. The molecule has 0 atom stereocenters. The van der Waals surface area contributed by atoms with Gasteiger partial charge in [0.2, 0.25) is 0 Å².